The fourth-order valence-electron chi connectivity index (χ4n) is 1.80. The normalized spacial score (nSPS) is 14.1. The van der Waals surface area contributed by atoms with Crippen LogP contribution in [-0.2, 0) is 0 Å². The van der Waals surface area contributed by atoms with E-state index >= 15 is 0 Å². The second kappa shape index (κ2) is 5.60. The molecule has 1 aliphatic carbocycles. The monoisotopic (exact) mass is 282 g/mol. The van der Waals surface area contributed by atoms with Gasteiger partial charge in [0.1, 0.15) is 0 Å². The molecule has 0 radical (unpaired) electrons. The lowest BCUT2D eigenvalue weighted by molar-refractivity contribution is 0.0747. The third-order valence-electron chi connectivity index (χ3n) is 2.88. The molecular weight excluding hydrogens is 271 g/mol. The molecule has 3 nitrogen and oxygen atoms in total. The van der Waals surface area contributed by atoms with Crippen LogP contribution in [0, 0.1) is 11.3 Å². The van der Waals surface area contributed by atoms with Crippen LogP contribution in [0.5, 0.6) is 0 Å². The Hall–Kier alpha value is -1.24. The van der Waals surface area contributed by atoms with Gasteiger partial charge in [-0.25, -0.2) is 0 Å². The summed E-state index contributed by atoms with van der Waals surface area (Å²) in [6.07, 6.45) is 2.38. The number of carbonyl (C=O) groups excluding carboxylic acids is 1. The van der Waals surface area contributed by atoms with E-state index in [1.807, 2.05) is 0 Å². The van der Waals surface area contributed by atoms with Gasteiger partial charge in [-0.2, -0.15) is 5.26 Å². The molecule has 0 N–H and O–H groups in total. The van der Waals surface area contributed by atoms with Crippen molar-refractivity contribution in [2.75, 3.05) is 6.54 Å². The highest BCUT2D eigenvalue weighted by molar-refractivity contribution is 6.42. The lowest BCUT2D eigenvalue weighted by Gasteiger charge is -2.21. The van der Waals surface area contributed by atoms with Crippen molar-refractivity contribution < 1.29 is 4.79 Å². The lowest BCUT2D eigenvalue weighted by atomic mass is 10.2. The Balaban J connectivity index is 2.17. The van der Waals surface area contributed by atoms with Gasteiger partial charge in [0.05, 0.1) is 22.5 Å². The molecule has 1 aromatic rings. The van der Waals surface area contributed by atoms with Crippen LogP contribution in [0.25, 0.3) is 0 Å². The van der Waals surface area contributed by atoms with Crippen molar-refractivity contribution in [3.63, 3.8) is 0 Å². The molecule has 0 unspecified atom stereocenters. The zero-order valence-corrected chi connectivity index (χ0v) is 11.2. The Labute approximate surface area is 116 Å². The minimum atomic E-state index is -0.0775. The van der Waals surface area contributed by atoms with Gasteiger partial charge in [0.2, 0.25) is 0 Å². The van der Waals surface area contributed by atoms with Crippen molar-refractivity contribution in [1.82, 2.24) is 4.90 Å². The molecule has 18 heavy (non-hydrogen) atoms. The molecule has 1 amide bonds. The zero-order valence-electron chi connectivity index (χ0n) is 9.70. The first-order chi connectivity index (χ1) is 8.63. The summed E-state index contributed by atoms with van der Waals surface area (Å²) in [6, 6.07) is 7.20. The molecule has 0 bridgehead atoms. The highest BCUT2D eigenvalue weighted by atomic mass is 35.5. The molecule has 1 aliphatic rings. The summed E-state index contributed by atoms with van der Waals surface area (Å²) in [7, 11) is 0. The van der Waals surface area contributed by atoms with Gasteiger partial charge < -0.3 is 4.90 Å². The van der Waals surface area contributed by atoms with E-state index < -0.39 is 0 Å². The van der Waals surface area contributed by atoms with Crippen LogP contribution < -0.4 is 0 Å². The zero-order chi connectivity index (χ0) is 13.1. The average Bonchev–Trinajstić information content (AvgIpc) is 3.17. The molecular formula is C13H12Cl2N2O. The van der Waals surface area contributed by atoms with Gasteiger partial charge in [-0.3, -0.25) is 4.79 Å². The summed E-state index contributed by atoms with van der Waals surface area (Å²) in [6.45, 7) is 0.472. The van der Waals surface area contributed by atoms with E-state index in [1.54, 1.807) is 23.1 Å². The maximum atomic E-state index is 12.3. The van der Waals surface area contributed by atoms with E-state index in [0.717, 1.165) is 12.8 Å². The lowest BCUT2D eigenvalue weighted by Crippen LogP contribution is -2.33. The first-order valence-corrected chi connectivity index (χ1v) is 6.52. The summed E-state index contributed by atoms with van der Waals surface area (Å²) in [5.41, 5.74) is 0.522. The van der Waals surface area contributed by atoms with Crippen molar-refractivity contribution in [2.45, 2.75) is 25.3 Å². The van der Waals surface area contributed by atoms with E-state index in [-0.39, 0.29) is 11.9 Å². The Morgan fingerprint density at radius 2 is 2.11 bits per heavy atom. The second-order valence-electron chi connectivity index (χ2n) is 4.27. The first kappa shape index (κ1) is 13.2. The molecule has 1 saturated carbocycles. The number of benzene rings is 1. The van der Waals surface area contributed by atoms with Crippen LogP contribution in [-0.4, -0.2) is 23.4 Å². The number of hydrogen-bond donors (Lipinski definition) is 0. The molecule has 94 valence electrons. The fraction of sp³-hybridized carbons (Fsp3) is 0.385. The highest BCUT2D eigenvalue weighted by Gasteiger charge is 2.32. The van der Waals surface area contributed by atoms with E-state index in [0.29, 0.717) is 28.6 Å². The molecule has 1 aromatic carbocycles. The summed E-state index contributed by atoms with van der Waals surface area (Å²) in [4.78, 5) is 14.1. The molecule has 0 atom stereocenters. The number of hydrogen-bond acceptors (Lipinski definition) is 2. The van der Waals surface area contributed by atoms with Gasteiger partial charge in [0.25, 0.3) is 5.91 Å². The van der Waals surface area contributed by atoms with E-state index in [1.165, 1.54) is 0 Å². The smallest absolute Gasteiger partial charge is 0.254 e. The number of nitrogens with zero attached hydrogens (tertiary/aromatic N) is 2. The third kappa shape index (κ3) is 2.95. The summed E-state index contributed by atoms with van der Waals surface area (Å²) in [5, 5.41) is 9.43. The SMILES string of the molecule is N#CCCN(C(=O)c1ccc(Cl)c(Cl)c1)C1CC1. The molecule has 5 heteroatoms. The fourth-order valence-corrected chi connectivity index (χ4v) is 2.10. The van der Waals surface area contributed by atoms with Crippen LogP contribution >= 0.6 is 23.2 Å². The van der Waals surface area contributed by atoms with Crippen LogP contribution in [0.1, 0.15) is 29.6 Å². The standard InChI is InChI=1S/C13H12Cl2N2O/c14-11-5-2-9(8-12(11)15)13(18)17(7-1-6-16)10-3-4-10/h2,5,8,10H,1,3-4,7H2. The van der Waals surface area contributed by atoms with Crippen LogP contribution in [0.15, 0.2) is 18.2 Å². The first-order valence-electron chi connectivity index (χ1n) is 5.76. The predicted molar refractivity (Wildman–Crippen MR) is 70.8 cm³/mol. The van der Waals surface area contributed by atoms with E-state index in [9.17, 15) is 4.79 Å². The Morgan fingerprint density at radius 1 is 1.39 bits per heavy atom. The topological polar surface area (TPSA) is 44.1 Å². The van der Waals surface area contributed by atoms with Gasteiger partial charge in [0, 0.05) is 18.2 Å². The quantitative estimate of drug-likeness (QED) is 0.848. The number of amides is 1. The molecule has 0 heterocycles. The minimum Gasteiger partial charge on any atom is -0.335 e. The molecule has 0 aromatic heterocycles. The molecule has 0 spiro atoms. The maximum absolute atomic E-state index is 12.3. The van der Waals surface area contributed by atoms with Gasteiger partial charge in [-0.05, 0) is 31.0 Å². The highest BCUT2D eigenvalue weighted by Crippen LogP contribution is 2.30. The average molecular weight is 283 g/mol. The van der Waals surface area contributed by atoms with Crippen LogP contribution in [0.2, 0.25) is 10.0 Å². The van der Waals surface area contributed by atoms with E-state index in [4.69, 9.17) is 28.5 Å². The number of nitriles is 1. The second-order valence-corrected chi connectivity index (χ2v) is 5.08. The van der Waals surface area contributed by atoms with Crippen molar-refractivity contribution in [2.24, 2.45) is 0 Å². The summed E-state index contributed by atoms with van der Waals surface area (Å²) >= 11 is 11.7. The number of halogens is 2. The van der Waals surface area contributed by atoms with Crippen molar-refractivity contribution in [1.29, 1.82) is 5.26 Å². The Bertz CT molecular complexity index is 506. The number of rotatable bonds is 4. The van der Waals surface area contributed by atoms with Gasteiger partial charge in [-0.15, -0.1) is 0 Å². The summed E-state index contributed by atoms with van der Waals surface area (Å²) in [5.74, 6) is -0.0775. The number of carbonyl (C=O) groups is 1. The molecule has 2 rings (SSSR count). The van der Waals surface area contributed by atoms with Crippen LogP contribution in [0.4, 0.5) is 0 Å². The molecule has 1 fully saturated rings. The Kier molecular flexibility index (Phi) is 4.11. The van der Waals surface area contributed by atoms with Crippen molar-refractivity contribution >= 4 is 29.1 Å². The van der Waals surface area contributed by atoms with E-state index in [2.05, 4.69) is 6.07 Å². The minimum absolute atomic E-state index is 0.0775. The van der Waals surface area contributed by atoms with Gasteiger partial charge >= 0.3 is 0 Å². The van der Waals surface area contributed by atoms with Crippen molar-refractivity contribution in [3.8, 4) is 6.07 Å². The van der Waals surface area contributed by atoms with Gasteiger partial charge in [-0.1, -0.05) is 23.2 Å². The molecule has 0 saturated heterocycles. The predicted octanol–water partition coefficient (Wildman–Crippen LogP) is 3.51. The largest absolute Gasteiger partial charge is 0.335 e. The summed E-state index contributed by atoms with van der Waals surface area (Å²) < 4.78 is 0. The maximum Gasteiger partial charge on any atom is 0.254 e. The van der Waals surface area contributed by atoms with Crippen molar-refractivity contribution in [3.05, 3.63) is 33.8 Å². The third-order valence-corrected chi connectivity index (χ3v) is 3.62. The van der Waals surface area contributed by atoms with Crippen LogP contribution in [0.3, 0.4) is 0 Å². The Morgan fingerprint density at radius 3 is 2.67 bits per heavy atom. The molecule has 0 aliphatic heterocycles. The van der Waals surface area contributed by atoms with Gasteiger partial charge in [0.15, 0.2) is 0 Å².